The lowest BCUT2D eigenvalue weighted by atomic mass is 10.0. The van der Waals surface area contributed by atoms with Crippen LogP contribution >= 0.6 is 0 Å². The monoisotopic (exact) mass is 236 g/mol. The number of carbonyl (C=O) groups is 1. The van der Waals surface area contributed by atoms with E-state index in [4.69, 9.17) is 4.79 Å². The molecule has 1 aromatic rings. The van der Waals surface area contributed by atoms with Crippen LogP contribution in [0.25, 0.3) is 0 Å². The predicted molar refractivity (Wildman–Crippen MR) is 72.2 cm³/mol. The number of benzene rings is 1. The maximum atomic E-state index is 9.56. The highest BCUT2D eigenvalue weighted by Crippen LogP contribution is 2.18. The van der Waals surface area contributed by atoms with Crippen molar-refractivity contribution in [2.75, 3.05) is 0 Å². The fourth-order valence-corrected chi connectivity index (χ4v) is 1.77. The first-order valence-electron chi connectivity index (χ1n) is 6.26. The maximum absolute atomic E-state index is 9.56. The van der Waals surface area contributed by atoms with Gasteiger partial charge in [0.1, 0.15) is 12.5 Å². The average Bonchev–Trinajstić information content (AvgIpc) is 2.33. The van der Waals surface area contributed by atoms with Crippen molar-refractivity contribution in [3.63, 3.8) is 0 Å². The van der Waals surface area contributed by atoms with Gasteiger partial charge in [-0.15, -0.1) is 0 Å². The Labute approximate surface area is 105 Å². The van der Waals surface area contributed by atoms with Crippen molar-refractivity contribution >= 4 is 6.79 Å². The third kappa shape index (κ3) is 7.56. The lowest BCUT2D eigenvalue weighted by Gasteiger charge is -2.05. The highest BCUT2D eigenvalue weighted by molar-refractivity contribution is 5.31. The minimum Gasteiger partial charge on any atom is -0.508 e. The zero-order valence-corrected chi connectivity index (χ0v) is 11.0. The Bertz CT molecular complexity index is 295. The van der Waals surface area contributed by atoms with Gasteiger partial charge in [-0.1, -0.05) is 51.3 Å². The summed E-state index contributed by atoms with van der Waals surface area (Å²) in [7, 11) is 0. The van der Waals surface area contributed by atoms with Crippen molar-refractivity contribution in [2.24, 2.45) is 5.92 Å². The Balaban J connectivity index is 0.00000121. The third-order valence-corrected chi connectivity index (χ3v) is 2.72. The molecular weight excluding hydrogens is 212 g/mol. The topological polar surface area (TPSA) is 37.3 Å². The van der Waals surface area contributed by atoms with Crippen molar-refractivity contribution in [1.82, 2.24) is 0 Å². The van der Waals surface area contributed by atoms with Crippen molar-refractivity contribution in [3.05, 3.63) is 29.8 Å². The quantitative estimate of drug-likeness (QED) is 0.759. The molecule has 0 aliphatic rings. The van der Waals surface area contributed by atoms with Crippen LogP contribution in [-0.4, -0.2) is 11.9 Å². The van der Waals surface area contributed by atoms with E-state index in [1.807, 2.05) is 25.0 Å². The van der Waals surface area contributed by atoms with Crippen LogP contribution in [-0.2, 0) is 11.2 Å². The maximum Gasteiger partial charge on any atom is 0.118 e. The van der Waals surface area contributed by atoms with Gasteiger partial charge in [-0.3, -0.25) is 0 Å². The Kier molecular flexibility index (Phi) is 9.12. The van der Waals surface area contributed by atoms with Crippen LogP contribution in [0.5, 0.6) is 5.75 Å². The number of hydrogen-bond acceptors (Lipinski definition) is 2. The molecule has 96 valence electrons. The van der Waals surface area contributed by atoms with Crippen LogP contribution < -0.4 is 0 Å². The van der Waals surface area contributed by atoms with Gasteiger partial charge in [-0.25, -0.2) is 0 Å². The van der Waals surface area contributed by atoms with Crippen LogP contribution in [0.3, 0.4) is 0 Å². The molecule has 17 heavy (non-hydrogen) atoms. The van der Waals surface area contributed by atoms with Gasteiger partial charge in [0, 0.05) is 0 Å². The normalized spacial score (nSPS) is 9.82. The molecule has 0 aliphatic carbocycles. The Morgan fingerprint density at radius 2 is 1.76 bits per heavy atom. The van der Waals surface area contributed by atoms with Crippen molar-refractivity contribution < 1.29 is 9.90 Å². The summed E-state index contributed by atoms with van der Waals surface area (Å²) in [4.78, 5) is 8.00. The predicted octanol–water partition coefficient (Wildman–Crippen LogP) is 3.97. The third-order valence-electron chi connectivity index (χ3n) is 2.72. The number of aromatic hydroxyl groups is 1. The zero-order chi connectivity index (χ0) is 13.1. The number of carbonyl (C=O) groups excluding carboxylic acids is 1. The summed E-state index contributed by atoms with van der Waals surface area (Å²) in [5.41, 5.74) is 1.09. The highest BCUT2D eigenvalue weighted by Gasteiger charge is 1.99. The first-order valence-corrected chi connectivity index (χ1v) is 6.26. The lowest BCUT2D eigenvalue weighted by molar-refractivity contribution is -0.0979. The Morgan fingerprint density at radius 1 is 1.12 bits per heavy atom. The first kappa shape index (κ1) is 15.7. The first-order chi connectivity index (χ1) is 8.20. The van der Waals surface area contributed by atoms with Gasteiger partial charge < -0.3 is 9.90 Å². The van der Waals surface area contributed by atoms with E-state index in [1.165, 1.54) is 25.7 Å². The summed E-state index contributed by atoms with van der Waals surface area (Å²) in [5.74, 6) is 1.26. The van der Waals surface area contributed by atoms with E-state index in [9.17, 15) is 5.11 Å². The smallest absolute Gasteiger partial charge is 0.118 e. The van der Waals surface area contributed by atoms with Crippen molar-refractivity contribution in [1.29, 1.82) is 0 Å². The van der Waals surface area contributed by atoms with E-state index >= 15 is 0 Å². The molecule has 0 saturated carbocycles. The minimum atomic E-state index is 0.446. The standard InChI is InChI=1S/C14H22O.CH2O/c1-12(2)8-4-3-5-9-13-10-6-7-11-14(13)15;1-2/h6-7,10-12,15H,3-5,8-9H2,1-2H3;1H2. The summed E-state index contributed by atoms with van der Waals surface area (Å²) >= 11 is 0. The minimum absolute atomic E-state index is 0.446. The second-order valence-electron chi connectivity index (χ2n) is 4.62. The number of rotatable bonds is 6. The second kappa shape index (κ2) is 9.88. The summed E-state index contributed by atoms with van der Waals surface area (Å²) < 4.78 is 0. The fourth-order valence-electron chi connectivity index (χ4n) is 1.77. The number of phenols is 1. The van der Waals surface area contributed by atoms with Gasteiger partial charge in [0.25, 0.3) is 0 Å². The molecular formula is C15H24O2. The second-order valence-corrected chi connectivity index (χ2v) is 4.62. The molecule has 0 bridgehead atoms. The molecule has 0 amide bonds. The molecule has 0 unspecified atom stereocenters. The average molecular weight is 236 g/mol. The molecule has 1 rings (SSSR count). The lowest BCUT2D eigenvalue weighted by Crippen LogP contribution is -1.89. The largest absolute Gasteiger partial charge is 0.508 e. The number of aryl methyl sites for hydroxylation is 1. The molecule has 0 atom stereocenters. The molecule has 0 heterocycles. The van der Waals surface area contributed by atoms with Crippen LogP contribution in [0.15, 0.2) is 24.3 Å². The summed E-state index contributed by atoms with van der Waals surface area (Å²) in [6.07, 6.45) is 6.09. The number of phenolic OH excluding ortho intramolecular Hbond substituents is 1. The van der Waals surface area contributed by atoms with Gasteiger partial charge in [-0.05, 0) is 30.4 Å². The van der Waals surface area contributed by atoms with Gasteiger partial charge in [0.05, 0.1) is 0 Å². The molecule has 2 heteroatoms. The van der Waals surface area contributed by atoms with Crippen LogP contribution in [0.4, 0.5) is 0 Å². The van der Waals surface area contributed by atoms with Gasteiger partial charge in [-0.2, -0.15) is 0 Å². The summed E-state index contributed by atoms with van der Waals surface area (Å²) in [5, 5.41) is 9.56. The van der Waals surface area contributed by atoms with Crippen LogP contribution in [0, 0.1) is 5.92 Å². The fraction of sp³-hybridized carbons (Fsp3) is 0.533. The SMILES string of the molecule is C=O.CC(C)CCCCCc1ccccc1O. The van der Waals surface area contributed by atoms with E-state index in [-0.39, 0.29) is 0 Å². The number of unbranched alkanes of at least 4 members (excludes halogenated alkanes) is 2. The van der Waals surface area contributed by atoms with Crippen LogP contribution in [0.1, 0.15) is 45.1 Å². The molecule has 0 aliphatic heterocycles. The molecule has 1 N–H and O–H groups in total. The van der Waals surface area contributed by atoms with Gasteiger partial charge in [0.2, 0.25) is 0 Å². The van der Waals surface area contributed by atoms with Crippen LogP contribution in [0.2, 0.25) is 0 Å². The Morgan fingerprint density at radius 3 is 2.35 bits per heavy atom. The molecule has 0 saturated heterocycles. The highest BCUT2D eigenvalue weighted by atomic mass is 16.3. The van der Waals surface area contributed by atoms with E-state index in [2.05, 4.69) is 13.8 Å². The van der Waals surface area contributed by atoms with E-state index in [0.29, 0.717) is 5.75 Å². The molecule has 0 aromatic heterocycles. The summed E-state index contributed by atoms with van der Waals surface area (Å²) in [6, 6.07) is 7.64. The Hall–Kier alpha value is -1.31. The zero-order valence-electron chi connectivity index (χ0n) is 11.0. The van der Waals surface area contributed by atoms with Gasteiger partial charge in [0.15, 0.2) is 0 Å². The van der Waals surface area contributed by atoms with Crippen molar-refractivity contribution in [2.45, 2.75) is 46.0 Å². The van der Waals surface area contributed by atoms with Gasteiger partial charge >= 0.3 is 0 Å². The number of para-hydroxylation sites is 1. The number of hydrogen-bond donors (Lipinski definition) is 1. The molecule has 0 radical (unpaired) electrons. The molecule has 2 nitrogen and oxygen atoms in total. The molecule has 1 aromatic carbocycles. The van der Waals surface area contributed by atoms with E-state index in [0.717, 1.165) is 17.9 Å². The molecule has 0 spiro atoms. The van der Waals surface area contributed by atoms with E-state index in [1.54, 1.807) is 6.07 Å². The molecule has 0 fully saturated rings. The summed E-state index contributed by atoms with van der Waals surface area (Å²) in [6.45, 7) is 6.53. The van der Waals surface area contributed by atoms with E-state index < -0.39 is 0 Å². The van der Waals surface area contributed by atoms with Crippen molar-refractivity contribution in [3.8, 4) is 5.75 Å².